The second-order valence-electron chi connectivity index (χ2n) is 13.1. The second kappa shape index (κ2) is 16.0. The predicted octanol–water partition coefficient (Wildman–Crippen LogP) is 7.06. The number of rotatable bonds is 13. The summed E-state index contributed by atoms with van der Waals surface area (Å²) in [6.45, 7) is 7.13. The van der Waals surface area contributed by atoms with Crippen molar-refractivity contribution in [2.75, 3.05) is 44.7 Å². The van der Waals surface area contributed by atoms with Gasteiger partial charge < -0.3 is 19.5 Å². The van der Waals surface area contributed by atoms with E-state index in [9.17, 15) is 14.4 Å². The molecule has 1 unspecified atom stereocenters. The number of halogens is 2. The lowest BCUT2D eigenvalue weighted by Gasteiger charge is -2.48. The van der Waals surface area contributed by atoms with Crippen molar-refractivity contribution < 1.29 is 33.0 Å². The van der Waals surface area contributed by atoms with E-state index in [0.717, 1.165) is 29.3 Å². The number of carbonyl (C=O) groups is 3. The fraction of sp³-hybridized carbons (Fsp3) is 0.541. The molecule has 3 aromatic rings. The fourth-order valence-corrected chi connectivity index (χ4v) is 8.70. The Kier molecular flexibility index (Phi) is 11.7. The number of amides is 1. The van der Waals surface area contributed by atoms with Crippen LogP contribution in [-0.4, -0.2) is 84.9 Å². The highest BCUT2D eigenvalue weighted by molar-refractivity contribution is 7.17. The number of nitrogens with zero attached hydrogens (tertiary/aromatic N) is 2. The van der Waals surface area contributed by atoms with Gasteiger partial charge in [-0.15, -0.1) is 11.3 Å². The molecule has 3 fully saturated rings. The summed E-state index contributed by atoms with van der Waals surface area (Å²) >= 11 is 8.11. The first-order chi connectivity index (χ1) is 23.7. The van der Waals surface area contributed by atoms with Crippen molar-refractivity contribution in [2.24, 2.45) is 5.92 Å². The average molecular weight is 714 g/mol. The van der Waals surface area contributed by atoms with Crippen LogP contribution >= 0.6 is 22.9 Å². The van der Waals surface area contributed by atoms with Crippen LogP contribution in [0.1, 0.15) is 74.7 Å². The van der Waals surface area contributed by atoms with Crippen molar-refractivity contribution in [3.05, 3.63) is 63.7 Å². The molecule has 9 nitrogen and oxygen atoms in total. The van der Waals surface area contributed by atoms with Crippen molar-refractivity contribution in [3.8, 4) is 0 Å². The van der Waals surface area contributed by atoms with Gasteiger partial charge >= 0.3 is 5.97 Å². The smallest absolute Gasteiger partial charge is 0.308 e. The number of Topliss-reactive ketones (excluding diaryl/α,β-unsaturated/α-hetero) is 1. The van der Waals surface area contributed by atoms with Crippen molar-refractivity contribution in [1.29, 1.82) is 0 Å². The number of fused-ring (bicyclic) bond motifs is 1. The number of hydrogen-bond donors (Lipinski definition) is 1. The van der Waals surface area contributed by atoms with E-state index in [2.05, 4.69) is 15.1 Å². The molecule has 1 N–H and O–H groups in total. The Bertz CT molecular complexity index is 1660. The number of esters is 1. The first kappa shape index (κ1) is 35.9. The molecule has 264 valence electrons. The van der Waals surface area contributed by atoms with E-state index in [1.807, 2.05) is 31.2 Å². The molecule has 0 radical (unpaired) electrons. The molecule has 1 saturated carbocycles. The number of likely N-dealkylation sites (tertiary alicyclic amines) is 2. The van der Waals surface area contributed by atoms with Crippen LogP contribution in [0.5, 0.6) is 0 Å². The van der Waals surface area contributed by atoms with Gasteiger partial charge in [-0.1, -0.05) is 29.8 Å². The van der Waals surface area contributed by atoms with E-state index in [-0.39, 0.29) is 58.5 Å². The molecular formula is C37H45ClFN3O6S. The van der Waals surface area contributed by atoms with E-state index in [1.54, 1.807) is 12.3 Å². The van der Waals surface area contributed by atoms with Crippen LogP contribution in [0.15, 0.2) is 41.8 Å². The summed E-state index contributed by atoms with van der Waals surface area (Å²) in [6.07, 6.45) is 4.50. The fourth-order valence-electron chi connectivity index (χ4n) is 7.52. The number of thiophene rings is 1. The van der Waals surface area contributed by atoms with E-state index in [1.165, 1.54) is 23.5 Å². The third kappa shape index (κ3) is 7.72. The maximum atomic E-state index is 15.9. The summed E-state index contributed by atoms with van der Waals surface area (Å²) in [7, 11) is 0. The Morgan fingerprint density at radius 1 is 0.980 bits per heavy atom. The number of ether oxygens (including phenoxy) is 3. The largest absolute Gasteiger partial charge is 0.466 e. The minimum absolute atomic E-state index is 0.0441. The Morgan fingerprint density at radius 3 is 2.47 bits per heavy atom. The van der Waals surface area contributed by atoms with Crippen LogP contribution in [0.25, 0.3) is 10.1 Å². The van der Waals surface area contributed by atoms with Gasteiger partial charge in [-0.05, 0) is 82.6 Å². The molecule has 1 amide bonds. The quantitative estimate of drug-likeness (QED) is 0.188. The van der Waals surface area contributed by atoms with Crippen molar-refractivity contribution in [3.63, 3.8) is 0 Å². The maximum Gasteiger partial charge on any atom is 0.308 e. The van der Waals surface area contributed by atoms with Gasteiger partial charge in [0.15, 0.2) is 5.78 Å². The maximum absolute atomic E-state index is 15.9. The van der Waals surface area contributed by atoms with Crippen molar-refractivity contribution in [2.45, 2.75) is 83.3 Å². The van der Waals surface area contributed by atoms with Crippen LogP contribution < -0.4 is 5.32 Å². The summed E-state index contributed by atoms with van der Waals surface area (Å²) in [4.78, 5) is 44.6. The SMILES string of the molecule is CCOC(=O)[C@H]1CC[C@H](OC(C(=O)Cc2cc(Cl)c(NC(=O)c3csc4ccccc34)cc2F)(N2CCCC2)N2CC[C@@H](OCC)C2)CC1. The predicted molar refractivity (Wildman–Crippen MR) is 189 cm³/mol. The zero-order valence-corrected chi connectivity index (χ0v) is 29.8. The van der Waals surface area contributed by atoms with Crippen LogP contribution in [0.3, 0.4) is 0 Å². The molecule has 49 heavy (non-hydrogen) atoms. The molecule has 2 saturated heterocycles. The number of benzene rings is 2. The van der Waals surface area contributed by atoms with E-state index >= 15 is 4.39 Å². The molecule has 1 aliphatic carbocycles. The molecular weight excluding hydrogens is 669 g/mol. The summed E-state index contributed by atoms with van der Waals surface area (Å²) in [5, 5.41) is 5.48. The summed E-state index contributed by atoms with van der Waals surface area (Å²) < 4.78 is 35.1. The van der Waals surface area contributed by atoms with Gasteiger partial charge in [0.05, 0.1) is 41.0 Å². The Labute approximate surface area is 296 Å². The van der Waals surface area contributed by atoms with Crippen LogP contribution in [0.4, 0.5) is 10.1 Å². The number of ketones is 1. The molecule has 2 aromatic carbocycles. The normalized spacial score (nSPS) is 23.1. The Hall–Kier alpha value is -2.93. The van der Waals surface area contributed by atoms with Crippen LogP contribution in [-0.2, 0) is 30.2 Å². The first-order valence-corrected chi connectivity index (χ1v) is 18.7. The second-order valence-corrected chi connectivity index (χ2v) is 14.4. The summed E-state index contributed by atoms with van der Waals surface area (Å²) in [5.74, 6) is -3.08. The standard InChI is InChI=1S/C37H45ClFN3O6S/c1-3-46-27-15-18-42(22-27)37(41-16-7-8-17-41,48-26-13-11-24(12-14-26)36(45)47-4-2)34(43)20-25-19-30(38)32(21-31(25)39)40-35(44)29-23-49-33-10-6-5-9-28(29)33/h5-6,9-10,19,21,23-24,26-27H,3-4,7-8,11-18,20,22H2,1-2H3,(H,40,44)/t24-,26-,27-,37?/m1/s1. The minimum Gasteiger partial charge on any atom is -0.466 e. The van der Waals surface area contributed by atoms with Gasteiger partial charge in [-0.2, -0.15) is 0 Å². The highest BCUT2D eigenvalue weighted by atomic mass is 35.5. The van der Waals surface area contributed by atoms with Crippen LogP contribution in [0.2, 0.25) is 5.02 Å². The van der Waals surface area contributed by atoms with E-state index in [0.29, 0.717) is 70.6 Å². The molecule has 12 heteroatoms. The zero-order chi connectivity index (χ0) is 34.5. The molecule has 2 aliphatic heterocycles. The van der Waals surface area contributed by atoms with Gasteiger partial charge in [0.1, 0.15) is 5.82 Å². The zero-order valence-electron chi connectivity index (χ0n) is 28.2. The van der Waals surface area contributed by atoms with E-state index < -0.39 is 11.7 Å². The van der Waals surface area contributed by atoms with Crippen molar-refractivity contribution in [1.82, 2.24) is 9.80 Å². The summed E-state index contributed by atoms with van der Waals surface area (Å²) in [6, 6.07) is 10.2. The summed E-state index contributed by atoms with van der Waals surface area (Å²) in [5.41, 5.74) is 0.749. The molecule has 0 spiro atoms. The molecule has 2 atom stereocenters. The minimum atomic E-state index is -1.42. The molecule has 6 rings (SSSR count). The van der Waals surface area contributed by atoms with Gasteiger partial charge in [0.2, 0.25) is 5.85 Å². The third-order valence-electron chi connectivity index (χ3n) is 9.96. The molecule has 0 bridgehead atoms. The van der Waals surface area contributed by atoms with E-state index in [4.69, 9.17) is 25.8 Å². The number of anilines is 1. The monoisotopic (exact) mass is 713 g/mol. The average Bonchev–Trinajstić information content (AvgIpc) is 3.89. The Morgan fingerprint density at radius 2 is 1.73 bits per heavy atom. The topological polar surface area (TPSA) is 97.4 Å². The van der Waals surface area contributed by atoms with Gasteiger partial charge in [0.25, 0.3) is 5.91 Å². The van der Waals surface area contributed by atoms with Gasteiger partial charge in [-0.3, -0.25) is 24.2 Å². The lowest BCUT2D eigenvalue weighted by molar-refractivity contribution is -0.253. The van der Waals surface area contributed by atoms with Crippen molar-refractivity contribution >= 4 is 56.4 Å². The molecule has 1 aromatic heterocycles. The number of nitrogens with one attached hydrogen (secondary N) is 1. The molecule has 3 aliphatic rings. The molecule has 3 heterocycles. The van der Waals surface area contributed by atoms with Gasteiger partial charge in [-0.25, -0.2) is 4.39 Å². The Balaban J connectivity index is 1.26. The van der Waals surface area contributed by atoms with Gasteiger partial charge in [0, 0.05) is 54.7 Å². The number of hydrogen-bond acceptors (Lipinski definition) is 9. The van der Waals surface area contributed by atoms with Crippen LogP contribution in [0, 0.1) is 11.7 Å². The third-order valence-corrected chi connectivity index (χ3v) is 11.2. The highest BCUT2D eigenvalue weighted by Gasteiger charge is 2.54. The number of carbonyl (C=O) groups excluding carboxylic acids is 3. The lowest BCUT2D eigenvalue weighted by Crippen LogP contribution is -2.67. The first-order valence-electron chi connectivity index (χ1n) is 17.5. The highest BCUT2D eigenvalue weighted by Crippen LogP contribution is 2.39. The lowest BCUT2D eigenvalue weighted by atomic mass is 9.87.